The van der Waals surface area contributed by atoms with E-state index in [-0.39, 0.29) is 5.41 Å². The predicted octanol–water partition coefficient (Wildman–Crippen LogP) is 6.10. The molecule has 3 unspecified atom stereocenters. The van der Waals surface area contributed by atoms with Crippen LogP contribution in [0.1, 0.15) is 45.2 Å². The van der Waals surface area contributed by atoms with Gasteiger partial charge in [0, 0.05) is 26.2 Å². The molecule has 0 saturated carbocycles. The van der Waals surface area contributed by atoms with E-state index in [0.717, 1.165) is 8.95 Å². The van der Waals surface area contributed by atoms with Gasteiger partial charge in [-0.25, -0.2) is 0 Å². The summed E-state index contributed by atoms with van der Waals surface area (Å²) in [6.07, 6.45) is 0. The van der Waals surface area contributed by atoms with Crippen molar-refractivity contribution in [2.75, 3.05) is 0 Å². The topological polar surface area (TPSA) is 0 Å². The second-order valence-electron chi connectivity index (χ2n) is 6.80. The summed E-state index contributed by atoms with van der Waals surface area (Å²) in [6.45, 7) is 0. The van der Waals surface area contributed by atoms with Gasteiger partial charge in [-0.05, 0) is 77.4 Å². The van der Waals surface area contributed by atoms with Crippen LogP contribution in [0.2, 0.25) is 0 Å². The van der Waals surface area contributed by atoms with Gasteiger partial charge in [-0.1, -0.05) is 48.5 Å². The first-order chi connectivity index (χ1) is 11.2. The molecule has 6 rings (SSSR count). The summed E-state index contributed by atoms with van der Waals surface area (Å²) >= 11 is 7.39. The third-order valence-corrected chi connectivity index (χ3v) is 7.94. The van der Waals surface area contributed by atoms with Gasteiger partial charge in [0.25, 0.3) is 0 Å². The van der Waals surface area contributed by atoms with E-state index in [1.165, 1.54) is 33.4 Å². The van der Waals surface area contributed by atoms with E-state index in [0.29, 0.717) is 11.8 Å². The molecule has 0 aliphatic heterocycles. The fourth-order valence-corrected chi connectivity index (χ4v) is 6.12. The van der Waals surface area contributed by atoms with Gasteiger partial charge in [-0.15, -0.1) is 0 Å². The van der Waals surface area contributed by atoms with E-state index < -0.39 is 0 Å². The molecule has 0 aromatic heterocycles. The van der Waals surface area contributed by atoms with E-state index in [1.807, 2.05) is 0 Å². The molecule has 110 valence electrons. The Labute approximate surface area is 151 Å². The molecule has 0 nitrogen and oxygen atoms in total. The van der Waals surface area contributed by atoms with E-state index in [1.54, 1.807) is 0 Å². The molecule has 23 heavy (non-hydrogen) atoms. The van der Waals surface area contributed by atoms with Crippen molar-refractivity contribution in [3.05, 3.63) is 103 Å². The van der Waals surface area contributed by atoms with Crippen molar-refractivity contribution < 1.29 is 0 Å². The number of hydrogen-bond donors (Lipinski definition) is 0. The molecular formula is C21H12Br2. The monoisotopic (exact) mass is 422 g/mol. The highest BCUT2D eigenvalue weighted by Crippen LogP contribution is 2.77. The first-order valence-electron chi connectivity index (χ1n) is 7.92. The Morgan fingerprint density at radius 2 is 1.17 bits per heavy atom. The molecule has 2 heteroatoms. The SMILES string of the molecule is Brc1cc2c(cc1Br)C13c4ccccc4C1c1ccccc1C23. The van der Waals surface area contributed by atoms with Gasteiger partial charge in [-0.3, -0.25) is 0 Å². The summed E-state index contributed by atoms with van der Waals surface area (Å²) < 4.78 is 2.31. The van der Waals surface area contributed by atoms with Crippen molar-refractivity contribution in [1.29, 1.82) is 0 Å². The summed E-state index contributed by atoms with van der Waals surface area (Å²) in [5, 5.41) is 0. The van der Waals surface area contributed by atoms with Crippen LogP contribution < -0.4 is 0 Å². The maximum Gasteiger partial charge on any atom is 0.0427 e. The van der Waals surface area contributed by atoms with E-state index in [9.17, 15) is 0 Å². The molecule has 3 atom stereocenters. The molecule has 0 saturated heterocycles. The van der Waals surface area contributed by atoms with Crippen LogP contribution in [-0.2, 0) is 5.41 Å². The molecule has 0 radical (unpaired) electrons. The molecular weight excluding hydrogens is 412 g/mol. The molecule has 0 amide bonds. The number of fused-ring (bicyclic) bond motifs is 7. The van der Waals surface area contributed by atoms with Crippen LogP contribution in [-0.4, -0.2) is 0 Å². The minimum absolute atomic E-state index is 0.179. The lowest BCUT2D eigenvalue weighted by Crippen LogP contribution is -2.52. The lowest BCUT2D eigenvalue weighted by Gasteiger charge is -2.58. The van der Waals surface area contributed by atoms with Crippen LogP contribution in [0.4, 0.5) is 0 Å². The van der Waals surface area contributed by atoms with Gasteiger partial charge in [0.2, 0.25) is 0 Å². The van der Waals surface area contributed by atoms with Crippen molar-refractivity contribution in [3.8, 4) is 0 Å². The number of hydrogen-bond acceptors (Lipinski definition) is 0. The minimum atomic E-state index is 0.179. The van der Waals surface area contributed by atoms with E-state index in [2.05, 4.69) is 92.5 Å². The summed E-state index contributed by atoms with van der Waals surface area (Å²) in [4.78, 5) is 0. The molecule has 0 fully saturated rings. The quantitative estimate of drug-likeness (QED) is 0.409. The Kier molecular flexibility index (Phi) is 2.25. The Hall–Kier alpha value is -1.38. The van der Waals surface area contributed by atoms with Gasteiger partial charge in [-0.2, -0.15) is 0 Å². The molecule has 0 N–H and O–H groups in total. The van der Waals surface area contributed by atoms with Gasteiger partial charge >= 0.3 is 0 Å². The first-order valence-corrected chi connectivity index (χ1v) is 9.51. The molecule has 0 heterocycles. The Bertz CT molecular complexity index is 1010. The van der Waals surface area contributed by atoms with E-state index >= 15 is 0 Å². The molecule has 3 aliphatic rings. The first kappa shape index (κ1) is 13.0. The van der Waals surface area contributed by atoms with Gasteiger partial charge in [0.05, 0.1) is 0 Å². The number of rotatable bonds is 0. The summed E-state index contributed by atoms with van der Waals surface area (Å²) in [5.41, 5.74) is 9.29. The normalized spacial score (nSPS) is 27.7. The zero-order valence-electron chi connectivity index (χ0n) is 12.2. The highest BCUT2D eigenvalue weighted by molar-refractivity contribution is 9.13. The zero-order valence-corrected chi connectivity index (χ0v) is 15.4. The minimum Gasteiger partial charge on any atom is -0.0620 e. The van der Waals surface area contributed by atoms with Crippen LogP contribution in [0.3, 0.4) is 0 Å². The van der Waals surface area contributed by atoms with Crippen molar-refractivity contribution in [2.24, 2.45) is 0 Å². The predicted molar refractivity (Wildman–Crippen MR) is 99.2 cm³/mol. The van der Waals surface area contributed by atoms with Crippen molar-refractivity contribution in [1.82, 2.24) is 0 Å². The van der Waals surface area contributed by atoms with Gasteiger partial charge < -0.3 is 0 Å². The van der Waals surface area contributed by atoms with Gasteiger partial charge in [0.15, 0.2) is 0 Å². The summed E-state index contributed by atoms with van der Waals surface area (Å²) in [7, 11) is 0. The molecule has 3 aromatic carbocycles. The average Bonchev–Trinajstić information content (AvgIpc) is 2.77. The van der Waals surface area contributed by atoms with Crippen LogP contribution in [0.15, 0.2) is 69.6 Å². The van der Waals surface area contributed by atoms with Crippen molar-refractivity contribution >= 4 is 31.9 Å². The summed E-state index contributed by atoms with van der Waals surface area (Å²) in [6, 6.07) is 22.7. The van der Waals surface area contributed by atoms with Crippen LogP contribution in [0, 0.1) is 0 Å². The van der Waals surface area contributed by atoms with Gasteiger partial charge in [0.1, 0.15) is 0 Å². The molecule has 3 aromatic rings. The molecule has 3 aliphatic carbocycles. The zero-order chi connectivity index (χ0) is 15.3. The largest absolute Gasteiger partial charge is 0.0620 e. The average molecular weight is 424 g/mol. The standard InChI is InChI=1S/C21H12Br2/c22-17-9-14-16(10-18(17)23)21-15-8-4-3-7-13(15)19(21)11-5-1-2-6-12(11)20(14)21/h1-10,19-20H. The van der Waals surface area contributed by atoms with Crippen LogP contribution in [0.25, 0.3) is 0 Å². The maximum atomic E-state index is 3.71. The second kappa shape index (κ2) is 3.99. The van der Waals surface area contributed by atoms with E-state index in [4.69, 9.17) is 0 Å². The van der Waals surface area contributed by atoms with Crippen LogP contribution >= 0.6 is 31.9 Å². The highest BCUT2D eigenvalue weighted by atomic mass is 79.9. The lowest BCUT2D eigenvalue weighted by atomic mass is 9.43. The summed E-state index contributed by atoms with van der Waals surface area (Å²) in [5.74, 6) is 1.04. The smallest absolute Gasteiger partial charge is 0.0427 e. The Morgan fingerprint density at radius 3 is 1.91 bits per heavy atom. The third-order valence-electron chi connectivity index (χ3n) is 6.10. The number of halogens is 2. The Morgan fingerprint density at radius 1 is 0.609 bits per heavy atom. The van der Waals surface area contributed by atoms with Crippen LogP contribution in [0.5, 0.6) is 0 Å². The molecule has 1 spiro atoms. The van der Waals surface area contributed by atoms with Crippen molar-refractivity contribution in [3.63, 3.8) is 0 Å². The fourth-order valence-electron chi connectivity index (χ4n) is 5.42. The highest BCUT2D eigenvalue weighted by Gasteiger charge is 2.69. The third kappa shape index (κ3) is 1.22. The maximum absolute atomic E-state index is 3.71. The fraction of sp³-hybridized carbons (Fsp3) is 0.143. The second-order valence-corrected chi connectivity index (χ2v) is 8.51. The number of benzene rings is 3. The Balaban J connectivity index is 1.75. The lowest BCUT2D eigenvalue weighted by molar-refractivity contribution is 0.332. The molecule has 0 bridgehead atoms. The van der Waals surface area contributed by atoms with Crippen molar-refractivity contribution in [2.45, 2.75) is 17.3 Å².